The lowest BCUT2D eigenvalue weighted by Gasteiger charge is -2.17. The van der Waals surface area contributed by atoms with Crippen molar-refractivity contribution < 1.29 is 9.59 Å². The van der Waals surface area contributed by atoms with Gasteiger partial charge in [0.25, 0.3) is 5.91 Å². The minimum Gasteiger partial charge on any atom is -0.338 e. The molecule has 0 saturated carbocycles. The normalized spacial score (nSPS) is 16.3. The third kappa shape index (κ3) is 4.46. The maximum atomic E-state index is 12.7. The van der Waals surface area contributed by atoms with Gasteiger partial charge in [-0.2, -0.15) is 0 Å². The number of amides is 2. The average Bonchev–Trinajstić information content (AvgIpc) is 3.12. The Morgan fingerprint density at radius 2 is 1.96 bits per heavy atom. The molecule has 1 aliphatic rings. The summed E-state index contributed by atoms with van der Waals surface area (Å²) < 4.78 is 0. The second-order valence-corrected chi connectivity index (χ2v) is 6.63. The zero-order chi connectivity index (χ0) is 18.5. The number of halogens is 1. The molecule has 1 saturated heterocycles. The van der Waals surface area contributed by atoms with E-state index in [1.165, 1.54) is 6.08 Å². The number of anilines is 1. The molecule has 1 aliphatic heterocycles. The molecule has 0 radical (unpaired) electrons. The van der Waals surface area contributed by atoms with Crippen LogP contribution in [-0.2, 0) is 11.2 Å². The summed E-state index contributed by atoms with van der Waals surface area (Å²) in [4.78, 5) is 34.2. The number of hydrogen-bond donors (Lipinski definition) is 1. The molecule has 0 aliphatic carbocycles. The first kappa shape index (κ1) is 18.1. The Morgan fingerprint density at radius 1 is 1.27 bits per heavy atom. The van der Waals surface area contributed by atoms with Crippen LogP contribution in [0.15, 0.2) is 49.3 Å². The van der Waals surface area contributed by atoms with Gasteiger partial charge in [-0.3, -0.25) is 9.59 Å². The fourth-order valence-corrected chi connectivity index (χ4v) is 3.06. The summed E-state index contributed by atoms with van der Waals surface area (Å²) in [6, 6.07) is 6.86. The summed E-state index contributed by atoms with van der Waals surface area (Å²) in [5.74, 6) is 0.796. The van der Waals surface area contributed by atoms with Crippen molar-refractivity contribution in [1.82, 2.24) is 14.9 Å². The van der Waals surface area contributed by atoms with E-state index in [1.54, 1.807) is 36.7 Å². The number of rotatable bonds is 5. The molecule has 1 aromatic heterocycles. The van der Waals surface area contributed by atoms with Gasteiger partial charge in [0.05, 0.1) is 5.02 Å². The van der Waals surface area contributed by atoms with Crippen LogP contribution in [0, 0.1) is 5.92 Å². The minimum atomic E-state index is -0.282. The summed E-state index contributed by atoms with van der Waals surface area (Å²) >= 11 is 5.80. The maximum Gasteiger partial charge on any atom is 0.253 e. The molecular weight excluding hydrogens is 352 g/mol. The van der Waals surface area contributed by atoms with Crippen LogP contribution in [-0.4, -0.2) is 39.8 Å². The zero-order valence-electron chi connectivity index (χ0n) is 14.2. The van der Waals surface area contributed by atoms with Gasteiger partial charge in [-0.25, -0.2) is 9.97 Å². The molecule has 1 atom stereocenters. The Morgan fingerprint density at radius 3 is 2.62 bits per heavy atom. The van der Waals surface area contributed by atoms with Crippen LogP contribution in [0.25, 0.3) is 0 Å². The summed E-state index contributed by atoms with van der Waals surface area (Å²) in [6.07, 6.45) is 6.04. The van der Waals surface area contributed by atoms with E-state index in [0.717, 1.165) is 18.7 Å². The summed E-state index contributed by atoms with van der Waals surface area (Å²) in [5, 5.41) is 3.18. The predicted octanol–water partition coefficient (Wildman–Crippen LogP) is 2.96. The molecule has 0 bridgehead atoms. The molecule has 1 N–H and O–H groups in total. The standard InChI is InChI=1S/C19H19ClN4O2/c1-2-18(25)23-16-5-3-14(4-6-16)19(26)24-8-7-13(12-24)9-17-21-10-15(20)11-22-17/h2-6,10-11,13H,1,7-9,12H2,(H,23,25)/t13-/m0/s1. The van der Waals surface area contributed by atoms with Crippen LogP contribution in [0.1, 0.15) is 22.6 Å². The Balaban J connectivity index is 1.57. The molecule has 7 heteroatoms. The highest BCUT2D eigenvalue weighted by Gasteiger charge is 2.27. The van der Waals surface area contributed by atoms with E-state index in [0.29, 0.717) is 35.3 Å². The van der Waals surface area contributed by atoms with Crippen molar-refractivity contribution in [3.8, 4) is 0 Å². The van der Waals surface area contributed by atoms with E-state index in [4.69, 9.17) is 11.6 Å². The van der Waals surface area contributed by atoms with Crippen LogP contribution in [0.2, 0.25) is 5.02 Å². The number of nitrogens with one attached hydrogen (secondary N) is 1. The van der Waals surface area contributed by atoms with Gasteiger partial charge in [0.15, 0.2) is 0 Å². The highest BCUT2D eigenvalue weighted by Crippen LogP contribution is 2.22. The molecule has 0 spiro atoms. The van der Waals surface area contributed by atoms with Crippen LogP contribution >= 0.6 is 11.6 Å². The smallest absolute Gasteiger partial charge is 0.253 e. The molecule has 26 heavy (non-hydrogen) atoms. The molecule has 0 unspecified atom stereocenters. The van der Waals surface area contributed by atoms with Gasteiger partial charge in [0, 0.05) is 43.2 Å². The lowest BCUT2D eigenvalue weighted by Crippen LogP contribution is -2.29. The fraction of sp³-hybridized carbons (Fsp3) is 0.263. The topological polar surface area (TPSA) is 75.2 Å². The third-order valence-corrected chi connectivity index (χ3v) is 4.50. The lowest BCUT2D eigenvalue weighted by atomic mass is 10.0. The molecule has 2 amide bonds. The van der Waals surface area contributed by atoms with E-state index in [-0.39, 0.29) is 11.8 Å². The largest absolute Gasteiger partial charge is 0.338 e. The number of likely N-dealkylation sites (tertiary alicyclic amines) is 1. The van der Waals surface area contributed by atoms with Crippen LogP contribution < -0.4 is 5.32 Å². The van der Waals surface area contributed by atoms with Crippen LogP contribution in [0.3, 0.4) is 0 Å². The molecule has 2 aromatic rings. The number of aromatic nitrogens is 2. The van der Waals surface area contributed by atoms with Crippen LogP contribution in [0.5, 0.6) is 0 Å². The number of carbonyl (C=O) groups is 2. The minimum absolute atomic E-state index is 0.00822. The molecule has 1 fully saturated rings. The highest BCUT2D eigenvalue weighted by atomic mass is 35.5. The summed E-state index contributed by atoms with van der Waals surface area (Å²) in [7, 11) is 0. The van der Waals surface area contributed by atoms with Gasteiger partial charge in [-0.15, -0.1) is 0 Å². The second kappa shape index (κ2) is 8.10. The zero-order valence-corrected chi connectivity index (χ0v) is 14.9. The molecule has 134 valence electrons. The molecule has 1 aromatic carbocycles. The fourth-order valence-electron chi connectivity index (χ4n) is 2.96. The van der Waals surface area contributed by atoms with Crippen molar-refractivity contribution in [2.45, 2.75) is 12.8 Å². The molecule has 2 heterocycles. The van der Waals surface area contributed by atoms with E-state index in [9.17, 15) is 9.59 Å². The number of nitrogens with zero attached hydrogens (tertiary/aromatic N) is 3. The monoisotopic (exact) mass is 370 g/mol. The number of carbonyl (C=O) groups excluding carboxylic acids is 2. The van der Waals surface area contributed by atoms with Gasteiger partial charge in [0.2, 0.25) is 5.91 Å². The molecular formula is C19H19ClN4O2. The predicted molar refractivity (Wildman–Crippen MR) is 100 cm³/mol. The van der Waals surface area contributed by atoms with Crippen molar-refractivity contribution in [2.75, 3.05) is 18.4 Å². The van der Waals surface area contributed by atoms with Crippen molar-refractivity contribution in [3.63, 3.8) is 0 Å². The Labute approximate surface area is 156 Å². The van der Waals surface area contributed by atoms with E-state index >= 15 is 0 Å². The van der Waals surface area contributed by atoms with Gasteiger partial charge < -0.3 is 10.2 Å². The average molecular weight is 371 g/mol. The maximum absolute atomic E-state index is 12.7. The quantitative estimate of drug-likeness (QED) is 0.821. The summed E-state index contributed by atoms with van der Waals surface area (Å²) in [6.45, 7) is 4.80. The SMILES string of the molecule is C=CC(=O)Nc1ccc(C(=O)N2CC[C@@H](Cc3ncc(Cl)cn3)C2)cc1. The van der Waals surface area contributed by atoms with Gasteiger partial charge in [-0.1, -0.05) is 18.2 Å². The van der Waals surface area contributed by atoms with E-state index in [2.05, 4.69) is 21.9 Å². The lowest BCUT2D eigenvalue weighted by molar-refractivity contribution is -0.111. The molecule has 3 rings (SSSR count). The second-order valence-electron chi connectivity index (χ2n) is 6.20. The summed E-state index contributed by atoms with van der Waals surface area (Å²) in [5.41, 5.74) is 1.23. The van der Waals surface area contributed by atoms with Gasteiger partial charge in [-0.05, 0) is 42.7 Å². The number of hydrogen-bond acceptors (Lipinski definition) is 4. The Hall–Kier alpha value is -2.73. The van der Waals surface area contributed by atoms with E-state index < -0.39 is 0 Å². The third-order valence-electron chi connectivity index (χ3n) is 4.30. The first-order valence-electron chi connectivity index (χ1n) is 8.34. The van der Waals surface area contributed by atoms with Gasteiger partial charge >= 0.3 is 0 Å². The first-order chi connectivity index (χ1) is 12.5. The van der Waals surface area contributed by atoms with Crippen LogP contribution in [0.4, 0.5) is 5.69 Å². The Kier molecular flexibility index (Phi) is 5.63. The van der Waals surface area contributed by atoms with Crippen molar-refractivity contribution in [1.29, 1.82) is 0 Å². The first-order valence-corrected chi connectivity index (χ1v) is 8.72. The molecule has 6 nitrogen and oxygen atoms in total. The number of benzene rings is 1. The van der Waals surface area contributed by atoms with Gasteiger partial charge in [0.1, 0.15) is 5.82 Å². The highest BCUT2D eigenvalue weighted by molar-refractivity contribution is 6.30. The van der Waals surface area contributed by atoms with Crippen molar-refractivity contribution in [2.24, 2.45) is 5.92 Å². The van der Waals surface area contributed by atoms with Crippen molar-refractivity contribution >= 4 is 29.1 Å². The van der Waals surface area contributed by atoms with E-state index in [1.807, 2.05) is 4.90 Å². The Bertz CT molecular complexity index is 805. The van der Waals surface area contributed by atoms with Crippen molar-refractivity contribution in [3.05, 3.63) is 65.7 Å².